The Hall–Kier alpha value is -2.29. The van der Waals surface area contributed by atoms with Crippen LogP contribution in [0.15, 0.2) is 48.5 Å². The second kappa shape index (κ2) is 7.93. The molecule has 0 aliphatic carbocycles. The third kappa shape index (κ3) is 4.14. The molecule has 19 heavy (non-hydrogen) atoms. The van der Waals surface area contributed by atoms with Gasteiger partial charge in [0, 0.05) is 0 Å². The summed E-state index contributed by atoms with van der Waals surface area (Å²) < 4.78 is 10.5. The van der Waals surface area contributed by atoms with E-state index in [1.807, 2.05) is 36.4 Å². The van der Waals surface area contributed by atoms with Gasteiger partial charge in [0.15, 0.2) is 11.5 Å². The van der Waals surface area contributed by atoms with Crippen molar-refractivity contribution in [1.82, 2.24) is 0 Å². The van der Waals surface area contributed by atoms with Crippen LogP contribution in [-0.2, 0) is 4.79 Å². The lowest BCUT2D eigenvalue weighted by Gasteiger charge is -2.09. The maximum Gasteiger partial charge on any atom is 0.161 e. The minimum atomic E-state index is 0.750. The molecule has 0 spiro atoms. The first-order valence-electron chi connectivity index (χ1n) is 5.94. The molecule has 0 heterocycles. The van der Waals surface area contributed by atoms with Crippen LogP contribution in [-0.4, -0.2) is 20.5 Å². The first kappa shape index (κ1) is 14.8. The minimum absolute atomic E-state index is 0.750. The zero-order valence-electron chi connectivity index (χ0n) is 11.4. The summed E-state index contributed by atoms with van der Waals surface area (Å²) in [5, 5.41) is 0. The van der Waals surface area contributed by atoms with E-state index in [4.69, 9.17) is 14.3 Å². The molecule has 2 aromatic rings. The molecule has 0 aliphatic heterocycles. The number of carbonyl (C=O) groups excluding carboxylic acids is 1. The molecule has 3 nitrogen and oxygen atoms in total. The molecule has 3 heteroatoms. The zero-order chi connectivity index (χ0) is 14.1. The monoisotopic (exact) mass is 258 g/mol. The Morgan fingerprint density at radius 2 is 1.42 bits per heavy atom. The lowest BCUT2D eigenvalue weighted by molar-refractivity contribution is -0.106. The first-order valence-corrected chi connectivity index (χ1v) is 5.94. The van der Waals surface area contributed by atoms with E-state index >= 15 is 0 Å². The molecule has 0 unspecified atom stereocenters. The van der Waals surface area contributed by atoms with Crippen LogP contribution in [0.1, 0.15) is 6.92 Å². The van der Waals surface area contributed by atoms with Crippen molar-refractivity contribution < 1.29 is 14.3 Å². The van der Waals surface area contributed by atoms with Gasteiger partial charge in [0.25, 0.3) is 0 Å². The normalized spacial score (nSPS) is 9.00. The maximum absolute atomic E-state index is 8.81. The average molecular weight is 258 g/mol. The number of aldehydes is 1. The summed E-state index contributed by atoms with van der Waals surface area (Å²) in [5.74, 6) is 1.51. The summed E-state index contributed by atoms with van der Waals surface area (Å²) in [6, 6.07) is 16.1. The van der Waals surface area contributed by atoms with Crippen LogP contribution in [0.25, 0.3) is 11.1 Å². The smallest absolute Gasteiger partial charge is 0.161 e. The van der Waals surface area contributed by atoms with Gasteiger partial charge in [0.2, 0.25) is 0 Å². The van der Waals surface area contributed by atoms with Gasteiger partial charge in [0.1, 0.15) is 6.29 Å². The number of rotatable bonds is 3. The second-order valence-electron chi connectivity index (χ2n) is 3.67. The minimum Gasteiger partial charge on any atom is -0.493 e. The van der Waals surface area contributed by atoms with E-state index in [-0.39, 0.29) is 0 Å². The van der Waals surface area contributed by atoms with Crippen LogP contribution >= 0.6 is 0 Å². The first-order chi connectivity index (χ1) is 9.26. The van der Waals surface area contributed by atoms with E-state index in [2.05, 4.69) is 12.1 Å². The van der Waals surface area contributed by atoms with Crippen molar-refractivity contribution in [1.29, 1.82) is 0 Å². The number of ether oxygens (including phenoxy) is 2. The number of methoxy groups -OCH3 is 2. The average Bonchev–Trinajstić information content (AvgIpc) is 2.48. The van der Waals surface area contributed by atoms with Crippen LogP contribution in [0.5, 0.6) is 11.5 Å². The van der Waals surface area contributed by atoms with Crippen LogP contribution < -0.4 is 9.47 Å². The van der Waals surface area contributed by atoms with Crippen LogP contribution in [0.2, 0.25) is 0 Å². The zero-order valence-corrected chi connectivity index (χ0v) is 11.4. The van der Waals surface area contributed by atoms with Gasteiger partial charge in [-0.1, -0.05) is 36.4 Å². The summed E-state index contributed by atoms with van der Waals surface area (Å²) in [4.78, 5) is 8.81. The van der Waals surface area contributed by atoms with E-state index < -0.39 is 0 Å². The molecule has 0 atom stereocenters. The molecule has 0 N–H and O–H groups in total. The van der Waals surface area contributed by atoms with Crippen molar-refractivity contribution in [2.24, 2.45) is 0 Å². The Kier molecular flexibility index (Phi) is 6.16. The molecule has 0 saturated carbocycles. The highest BCUT2D eigenvalue weighted by atomic mass is 16.5. The molecule has 0 amide bonds. The molecule has 0 radical (unpaired) electrons. The highest BCUT2D eigenvalue weighted by molar-refractivity contribution is 5.67. The molecule has 0 aromatic heterocycles. The molecule has 0 fully saturated rings. The second-order valence-corrected chi connectivity index (χ2v) is 3.67. The Bertz CT molecular complexity index is 507. The highest BCUT2D eigenvalue weighted by Crippen LogP contribution is 2.31. The van der Waals surface area contributed by atoms with E-state index in [9.17, 15) is 0 Å². The molecule has 100 valence electrons. The lowest BCUT2D eigenvalue weighted by Crippen LogP contribution is -1.90. The molecule has 0 aliphatic rings. The van der Waals surface area contributed by atoms with Gasteiger partial charge in [-0.15, -0.1) is 0 Å². The Labute approximate surface area is 113 Å². The number of benzene rings is 2. The SMILES string of the molecule is CC=O.COc1ccc(-c2ccccc2)cc1OC. The van der Waals surface area contributed by atoms with Crippen molar-refractivity contribution in [3.63, 3.8) is 0 Å². The van der Waals surface area contributed by atoms with Crippen molar-refractivity contribution in [2.45, 2.75) is 6.92 Å². The van der Waals surface area contributed by atoms with E-state index in [0.717, 1.165) is 23.3 Å². The molecular weight excluding hydrogens is 240 g/mol. The molecule has 0 saturated heterocycles. The summed E-state index contributed by atoms with van der Waals surface area (Å²) in [6.07, 6.45) is 0.750. The van der Waals surface area contributed by atoms with Crippen LogP contribution in [0.4, 0.5) is 0 Å². The number of carbonyl (C=O) groups is 1. The predicted octanol–water partition coefficient (Wildman–Crippen LogP) is 3.58. The van der Waals surface area contributed by atoms with Gasteiger partial charge in [-0.2, -0.15) is 0 Å². The summed E-state index contributed by atoms with van der Waals surface area (Å²) >= 11 is 0. The Morgan fingerprint density at radius 1 is 0.842 bits per heavy atom. The summed E-state index contributed by atoms with van der Waals surface area (Å²) in [7, 11) is 3.28. The fraction of sp³-hybridized carbons (Fsp3) is 0.188. The quantitative estimate of drug-likeness (QED) is 0.789. The fourth-order valence-corrected chi connectivity index (χ4v) is 1.65. The molecule has 0 bridgehead atoms. The third-order valence-corrected chi connectivity index (χ3v) is 2.49. The van der Waals surface area contributed by atoms with Crippen molar-refractivity contribution >= 4 is 6.29 Å². The third-order valence-electron chi connectivity index (χ3n) is 2.49. The summed E-state index contributed by atoms with van der Waals surface area (Å²) in [5.41, 5.74) is 2.29. The van der Waals surface area contributed by atoms with E-state index in [1.54, 1.807) is 14.2 Å². The van der Waals surface area contributed by atoms with Crippen LogP contribution in [0, 0.1) is 0 Å². The van der Waals surface area contributed by atoms with Gasteiger partial charge in [-0.3, -0.25) is 0 Å². The van der Waals surface area contributed by atoms with Gasteiger partial charge in [-0.05, 0) is 30.2 Å². The van der Waals surface area contributed by atoms with Gasteiger partial charge < -0.3 is 14.3 Å². The van der Waals surface area contributed by atoms with Gasteiger partial charge >= 0.3 is 0 Å². The standard InChI is InChI=1S/C14H14O2.C2H4O/c1-15-13-9-8-12(10-14(13)16-2)11-6-4-3-5-7-11;1-2-3/h3-10H,1-2H3;2H,1H3. The van der Waals surface area contributed by atoms with E-state index in [0.29, 0.717) is 0 Å². The predicted molar refractivity (Wildman–Crippen MR) is 76.7 cm³/mol. The molecular formula is C16H18O3. The van der Waals surface area contributed by atoms with E-state index in [1.165, 1.54) is 12.5 Å². The Balaban J connectivity index is 0.000000550. The number of hydrogen-bond acceptors (Lipinski definition) is 3. The van der Waals surface area contributed by atoms with Crippen molar-refractivity contribution in [2.75, 3.05) is 14.2 Å². The topological polar surface area (TPSA) is 35.5 Å². The Morgan fingerprint density at radius 3 is 1.95 bits per heavy atom. The maximum atomic E-state index is 8.81. The van der Waals surface area contributed by atoms with Crippen molar-refractivity contribution in [3.05, 3.63) is 48.5 Å². The van der Waals surface area contributed by atoms with Gasteiger partial charge in [0.05, 0.1) is 14.2 Å². The highest BCUT2D eigenvalue weighted by Gasteiger charge is 2.05. The van der Waals surface area contributed by atoms with Gasteiger partial charge in [-0.25, -0.2) is 0 Å². The van der Waals surface area contributed by atoms with Crippen molar-refractivity contribution in [3.8, 4) is 22.6 Å². The van der Waals surface area contributed by atoms with Crippen LogP contribution in [0.3, 0.4) is 0 Å². The molecule has 2 aromatic carbocycles. The molecule has 2 rings (SSSR count). The summed E-state index contributed by atoms with van der Waals surface area (Å²) in [6.45, 7) is 1.44. The fourth-order valence-electron chi connectivity index (χ4n) is 1.65. The lowest BCUT2D eigenvalue weighted by atomic mass is 10.1. The largest absolute Gasteiger partial charge is 0.493 e. The number of hydrogen-bond donors (Lipinski definition) is 0.